The second kappa shape index (κ2) is 5.32. The van der Waals surface area contributed by atoms with Crippen LogP contribution in [0, 0.1) is 0 Å². The summed E-state index contributed by atoms with van der Waals surface area (Å²) in [6, 6.07) is 3.95. The lowest BCUT2D eigenvalue weighted by atomic mass is 10.1. The Hall–Kier alpha value is -2.16. The molecule has 0 spiro atoms. The van der Waals surface area contributed by atoms with E-state index in [1.807, 2.05) is 0 Å². The summed E-state index contributed by atoms with van der Waals surface area (Å²) in [6.45, 7) is -0.344. The molecule has 1 aromatic carbocycles. The van der Waals surface area contributed by atoms with Gasteiger partial charge in [0, 0.05) is 18.7 Å². The maximum Gasteiger partial charge on any atom is 0.339 e. The van der Waals surface area contributed by atoms with Gasteiger partial charge in [-0.15, -0.1) is 3.89 Å². The largest absolute Gasteiger partial charge is 0.496 e. The highest BCUT2D eigenvalue weighted by Crippen LogP contribution is 2.30. The predicted octanol–water partition coefficient (Wildman–Crippen LogP) is 0.798. The van der Waals surface area contributed by atoms with Crippen LogP contribution in [0.15, 0.2) is 18.2 Å². The van der Waals surface area contributed by atoms with E-state index >= 15 is 0 Å². The van der Waals surface area contributed by atoms with Gasteiger partial charge < -0.3 is 14.7 Å². The fourth-order valence-electron chi connectivity index (χ4n) is 2.14. The molecule has 1 heterocycles. The minimum Gasteiger partial charge on any atom is -0.496 e. The third-order valence-electron chi connectivity index (χ3n) is 3.21. The second-order valence-electron chi connectivity index (χ2n) is 4.50. The zero-order valence-corrected chi connectivity index (χ0v) is 11.8. The number of methoxy groups -OCH3 is 1. The number of ether oxygens (including phenoxy) is 1. The van der Waals surface area contributed by atoms with Gasteiger partial charge in [-0.2, -0.15) is 8.42 Å². The van der Waals surface area contributed by atoms with Crippen molar-refractivity contribution in [3.63, 3.8) is 0 Å². The lowest BCUT2D eigenvalue weighted by molar-refractivity contribution is -0.117. The van der Waals surface area contributed by atoms with Gasteiger partial charge in [-0.05, 0) is 18.2 Å². The summed E-state index contributed by atoms with van der Waals surface area (Å²) in [5.41, 5.74) is 0.0127. The van der Waals surface area contributed by atoms with Crippen LogP contribution >= 0.6 is 0 Å². The topological polar surface area (TPSA) is 101 Å². The molecule has 1 atom stereocenters. The predicted molar refractivity (Wildman–Crippen MR) is 70.7 cm³/mol. The first-order chi connectivity index (χ1) is 9.74. The molecule has 2 rings (SSSR count). The van der Waals surface area contributed by atoms with Gasteiger partial charge in [0.1, 0.15) is 16.6 Å². The Bertz CT molecular complexity index is 702. The van der Waals surface area contributed by atoms with Gasteiger partial charge in [-0.25, -0.2) is 4.79 Å². The molecule has 1 unspecified atom stereocenters. The Balaban J connectivity index is 2.37. The van der Waals surface area contributed by atoms with Crippen LogP contribution in [-0.2, 0) is 15.0 Å². The molecular weight excluding hydrogens is 305 g/mol. The Morgan fingerprint density at radius 1 is 1.48 bits per heavy atom. The van der Waals surface area contributed by atoms with Crippen molar-refractivity contribution in [1.82, 2.24) is 0 Å². The number of anilines is 1. The molecule has 1 N–H and O–H groups in total. The first-order valence-corrected chi connectivity index (χ1v) is 7.34. The Labute approximate surface area is 120 Å². The molecule has 21 heavy (non-hydrogen) atoms. The Morgan fingerprint density at radius 3 is 2.62 bits per heavy atom. The third-order valence-corrected chi connectivity index (χ3v) is 4.32. The number of halogens is 1. The van der Waals surface area contributed by atoms with Gasteiger partial charge in [-0.3, -0.25) is 4.79 Å². The van der Waals surface area contributed by atoms with Crippen LogP contribution in [0.25, 0.3) is 0 Å². The number of hydrogen-bond donors (Lipinski definition) is 1. The number of carboxylic acids is 1. The second-order valence-corrected chi connectivity index (χ2v) is 6.11. The van der Waals surface area contributed by atoms with Crippen molar-refractivity contribution < 1.29 is 31.7 Å². The fourth-order valence-corrected chi connectivity index (χ4v) is 2.81. The maximum atomic E-state index is 13.0. The quantitative estimate of drug-likeness (QED) is 0.824. The van der Waals surface area contributed by atoms with Gasteiger partial charge in [0.25, 0.3) is 0 Å². The first kappa shape index (κ1) is 15.2. The van der Waals surface area contributed by atoms with Gasteiger partial charge >= 0.3 is 16.2 Å². The molecule has 1 aliphatic rings. The number of carbonyl (C=O) groups is 2. The average Bonchev–Trinajstić information content (AvgIpc) is 2.80. The molecule has 9 heteroatoms. The van der Waals surface area contributed by atoms with Gasteiger partial charge in [-0.1, -0.05) is 0 Å². The van der Waals surface area contributed by atoms with Crippen molar-refractivity contribution in [3.8, 4) is 5.75 Å². The summed E-state index contributed by atoms with van der Waals surface area (Å²) in [4.78, 5) is 23.9. The minimum absolute atomic E-state index is 0.104. The Kier molecular flexibility index (Phi) is 3.86. The van der Waals surface area contributed by atoms with Crippen LogP contribution in [0.3, 0.4) is 0 Å². The molecule has 0 aromatic heterocycles. The number of carbonyl (C=O) groups excluding carboxylic acids is 1. The number of amides is 1. The molecular formula is C12H12FNO6S. The van der Waals surface area contributed by atoms with Crippen LogP contribution in [0.2, 0.25) is 0 Å². The monoisotopic (exact) mass is 317 g/mol. The SMILES string of the molecule is COc1ccc(N2CC(S(=O)(=O)F)CC2=O)cc1C(=O)O. The molecule has 114 valence electrons. The first-order valence-electron chi connectivity index (χ1n) is 5.89. The maximum absolute atomic E-state index is 13.0. The van der Waals surface area contributed by atoms with Crippen molar-refractivity contribution in [2.45, 2.75) is 11.7 Å². The van der Waals surface area contributed by atoms with Crippen LogP contribution < -0.4 is 9.64 Å². The molecule has 1 saturated heterocycles. The van der Waals surface area contributed by atoms with E-state index < -0.39 is 33.8 Å². The van der Waals surface area contributed by atoms with Crippen molar-refractivity contribution >= 4 is 27.8 Å². The Morgan fingerprint density at radius 2 is 2.14 bits per heavy atom. The molecule has 1 fully saturated rings. The van der Waals surface area contributed by atoms with E-state index in [-0.39, 0.29) is 23.5 Å². The summed E-state index contributed by atoms with van der Waals surface area (Å²) >= 11 is 0. The highest BCUT2D eigenvalue weighted by Gasteiger charge is 2.39. The average molecular weight is 317 g/mol. The molecule has 0 radical (unpaired) electrons. The van der Waals surface area contributed by atoms with Crippen LogP contribution in [0.5, 0.6) is 5.75 Å². The molecule has 0 aliphatic carbocycles. The van der Waals surface area contributed by atoms with E-state index in [4.69, 9.17) is 9.84 Å². The van der Waals surface area contributed by atoms with Crippen LogP contribution in [0.4, 0.5) is 9.57 Å². The highest BCUT2D eigenvalue weighted by molar-refractivity contribution is 7.87. The standard InChI is InChI=1S/C12H12FNO6S/c1-20-10-3-2-7(4-9(10)12(16)17)14-6-8(5-11(14)15)21(13,18)19/h2-4,8H,5-6H2,1H3,(H,16,17). The molecule has 0 saturated carbocycles. The van der Waals surface area contributed by atoms with E-state index in [9.17, 15) is 21.9 Å². The zero-order chi connectivity index (χ0) is 15.8. The number of hydrogen-bond acceptors (Lipinski definition) is 5. The van der Waals surface area contributed by atoms with E-state index in [1.54, 1.807) is 0 Å². The van der Waals surface area contributed by atoms with E-state index in [0.29, 0.717) is 0 Å². The summed E-state index contributed by atoms with van der Waals surface area (Å²) in [5, 5.41) is 7.64. The van der Waals surface area contributed by atoms with E-state index in [2.05, 4.69) is 0 Å². The molecule has 0 bridgehead atoms. The molecule has 1 aliphatic heterocycles. The minimum atomic E-state index is -4.82. The van der Waals surface area contributed by atoms with Crippen LogP contribution in [0.1, 0.15) is 16.8 Å². The zero-order valence-electron chi connectivity index (χ0n) is 10.9. The van der Waals surface area contributed by atoms with Crippen molar-refractivity contribution in [2.24, 2.45) is 0 Å². The summed E-state index contributed by atoms with van der Waals surface area (Å²) in [6.07, 6.45) is -0.465. The van der Waals surface area contributed by atoms with Gasteiger partial charge in [0.15, 0.2) is 0 Å². The number of aromatic carboxylic acids is 1. The molecule has 1 aromatic rings. The van der Waals surface area contributed by atoms with Gasteiger partial charge in [0.05, 0.1) is 7.11 Å². The summed E-state index contributed by atoms with van der Waals surface area (Å²) in [5.74, 6) is -1.73. The highest BCUT2D eigenvalue weighted by atomic mass is 32.3. The van der Waals surface area contributed by atoms with Crippen molar-refractivity contribution in [1.29, 1.82) is 0 Å². The molecule has 1 amide bonds. The van der Waals surface area contributed by atoms with E-state index in [0.717, 1.165) is 4.90 Å². The smallest absolute Gasteiger partial charge is 0.339 e. The van der Waals surface area contributed by atoms with E-state index in [1.165, 1.54) is 25.3 Å². The third kappa shape index (κ3) is 2.97. The fraction of sp³-hybridized carbons (Fsp3) is 0.333. The van der Waals surface area contributed by atoms with Crippen molar-refractivity contribution in [2.75, 3.05) is 18.6 Å². The number of rotatable bonds is 4. The van der Waals surface area contributed by atoms with Crippen molar-refractivity contribution in [3.05, 3.63) is 23.8 Å². The van der Waals surface area contributed by atoms with Crippen LogP contribution in [-0.4, -0.2) is 44.3 Å². The number of nitrogens with zero attached hydrogens (tertiary/aromatic N) is 1. The normalized spacial score (nSPS) is 18.9. The number of carboxylic acid groups (broad SMARTS) is 1. The summed E-state index contributed by atoms with van der Waals surface area (Å²) < 4.78 is 39.6. The lowest BCUT2D eigenvalue weighted by Gasteiger charge is -2.17. The molecule has 7 nitrogen and oxygen atoms in total. The summed E-state index contributed by atoms with van der Waals surface area (Å²) in [7, 11) is -3.52. The lowest BCUT2D eigenvalue weighted by Crippen LogP contribution is -2.27. The van der Waals surface area contributed by atoms with Gasteiger partial charge in [0.2, 0.25) is 5.91 Å². The number of benzene rings is 1.